The number of alkyl halides is 1. The van der Waals surface area contributed by atoms with E-state index in [1.54, 1.807) is 0 Å². The minimum atomic E-state index is 0.477. The topological polar surface area (TPSA) is 35.6 Å². The van der Waals surface area contributed by atoms with Gasteiger partial charge in [-0.2, -0.15) is 5.10 Å². The third-order valence-electron chi connectivity index (χ3n) is 4.47. The fourth-order valence-electron chi connectivity index (χ4n) is 3.51. The molecule has 3 rings (SSSR count). The molecule has 110 valence electrons. The molecule has 0 bridgehead atoms. The van der Waals surface area contributed by atoms with Crippen molar-refractivity contribution in [2.24, 2.45) is 7.05 Å². The Morgan fingerprint density at radius 3 is 2.45 bits per heavy atom. The number of nitrogens with zero attached hydrogens (tertiary/aromatic N) is 4. The highest BCUT2D eigenvalue weighted by Gasteiger charge is 2.23. The molecule has 0 unspecified atom stereocenters. The van der Waals surface area contributed by atoms with E-state index in [0.29, 0.717) is 11.9 Å². The second-order valence-corrected chi connectivity index (χ2v) is 6.18. The number of fused-ring (bicyclic) bond motifs is 1. The summed E-state index contributed by atoms with van der Waals surface area (Å²) in [4.78, 5) is 4.73. The molecule has 0 radical (unpaired) electrons. The smallest absolute Gasteiger partial charge is 0.158 e. The third-order valence-corrected chi connectivity index (χ3v) is 4.71. The number of aromatic nitrogens is 4. The number of hydrogen-bond donors (Lipinski definition) is 0. The van der Waals surface area contributed by atoms with Gasteiger partial charge in [-0.25, -0.2) is 4.98 Å². The Labute approximate surface area is 125 Å². The molecule has 5 heteroatoms. The Hall–Kier alpha value is -1.03. The summed E-state index contributed by atoms with van der Waals surface area (Å²) in [6.07, 6.45) is 9.19. The number of imidazole rings is 1. The van der Waals surface area contributed by atoms with Gasteiger partial charge in [0.05, 0.1) is 11.6 Å². The Kier molecular flexibility index (Phi) is 4.01. The van der Waals surface area contributed by atoms with Gasteiger partial charge >= 0.3 is 0 Å². The zero-order valence-corrected chi connectivity index (χ0v) is 13.2. The minimum Gasteiger partial charge on any atom is -0.309 e. The van der Waals surface area contributed by atoms with Gasteiger partial charge in [-0.1, -0.05) is 32.1 Å². The fraction of sp³-hybridized carbons (Fsp3) is 0.733. The lowest BCUT2D eigenvalue weighted by molar-refractivity contribution is 0.369. The maximum absolute atomic E-state index is 6.14. The molecule has 0 saturated heterocycles. The van der Waals surface area contributed by atoms with Crippen molar-refractivity contribution in [3.05, 3.63) is 11.5 Å². The van der Waals surface area contributed by atoms with E-state index < -0.39 is 0 Å². The average molecular weight is 295 g/mol. The largest absolute Gasteiger partial charge is 0.309 e. The first-order valence-electron chi connectivity index (χ1n) is 7.68. The summed E-state index contributed by atoms with van der Waals surface area (Å²) in [5.41, 5.74) is 3.16. The molecule has 0 atom stereocenters. The lowest BCUT2D eigenvalue weighted by atomic mass is 9.96. The van der Waals surface area contributed by atoms with E-state index in [9.17, 15) is 0 Å². The zero-order chi connectivity index (χ0) is 14.1. The molecule has 2 aromatic heterocycles. The SMILES string of the molecule is Cc1nn(C)c2c1nc(CCl)n2C1CCCCCCC1. The maximum atomic E-state index is 6.14. The van der Waals surface area contributed by atoms with Crippen LogP contribution in [0, 0.1) is 6.92 Å². The van der Waals surface area contributed by atoms with Gasteiger partial charge in [0, 0.05) is 13.1 Å². The van der Waals surface area contributed by atoms with E-state index in [1.165, 1.54) is 44.9 Å². The third kappa shape index (κ3) is 2.34. The van der Waals surface area contributed by atoms with Crippen molar-refractivity contribution in [1.29, 1.82) is 0 Å². The van der Waals surface area contributed by atoms with Crippen molar-refractivity contribution in [3.63, 3.8) is 0 Å². The number of hydrogen-bond acceptors (Lipinski definition) is 2. The van der Waals surface area contributed by atoms with Gasteiger partial charge in [0.2, 0.25) is 0 Å². The number of rotatable bonds is 2. The van der Waals surface area contributed by atoms with Gasteiger partial charge in [-0.05, 0) is 19.8 Å². The summed E-state index contributed by atoms with van der Waals surface area (Å²) in [5.74, 6) is 1.48. The van der Waals surface area contributed by atoms with E-state index in [0.717, 1.165) is 22.7 Å². The normalized spacial score (nSPS) is 18.4. The van der Waals surface area contributed by atoms with Gasteiger partial charge in [0.25, 0.3) is 0 Å². The summed E-state index contributed by atoms with van der Waals surface area (Å²) in [5, 5.41) is 4.51. The molecule has 4 nitrogen and oxygen atoms in total. The number of halogens is 1. The molecule has 1 fully saturated rings. The molecule has 20 heavy (non-hydrogen) atoms. The van der Waals surface area contributed by atoms with Crippen LogP contribution in [0.25, 0.3) is 11.2 Å². The molecular weight excluding hydrogens is 272 g/mol. The van der Waals surface area contributed by atoms with Crippen LogP contribution in [-0.4, -0.2) is 19.3 Å². The van der Waals surface area contributed by atoms with Crippen molar-refractivity contribution in [3.8, 4) is 0 Å². The fourth-order valence-corrected chi connectivity index (χ4v) is 3.70. The minimum absolute atomic E-state index is 0.477. The first-order valence-corrected chi connectivity index (χ1v) is 8.22. The highest BCUT2D eigenvalue weighted by Crippen LogP contribution is 2.32. The monoisotopic (exact) mass is 294 g/mol. The van der Waals surface area contributed by atoms with Gasteiger partial charge in [-0.3, -0.25) is 4.68 Å². The van der Waals surface area contributed by atoms with Gasteiger partial charge in [0.1, 0.15) is 11.3 Å². The second-order valence-electron chi connectivity index (χ2n) is 5.91. The quantitative estimate of drug-likeness (QED) is 0.782. The molecule has 0 aromatic carbocycles. The van der Waals surface area contributed by atoms with Crippen LogP contribution in [0.5, 0.6) is 0 Å². The molecule has 0 aliphatic heterocycles. The average Bonchev–Trinajstić information content (AvgIpc) is 2.89. The molecule has 0 spiro atoms. The first-order chi connectivity index (χ1) is 9.72. The second kappa shape index (κ2) is 5.76. The molecule has 2 aromatic rings. The first kappa shape index (κ1) is 13.9. The summed E-state index contributed by atoms with van der Waals surface area (Å²) < 4.78 is 4.33. The highest BCUT2D eigenvalue weighted by molar-refractivity contribution is 6.16. The summed E-state index contributed by atoms with van der Waals surface area (Å²) >= 11 is 6.14. The Bertz CT molecular complexity index is 591. The van der Waals surface area contributed by atoms with Gasteiger partial charge in [-0.15, -0.1) is 11.6 Å². The van der Waals surface area contributed by atoms with Crippen LogP contribution < -0.4 is 0 Å². The van der Waals surface area contributed by atoms with Crippen molar-refractivity contribution in [2.75, 3.05) is 0 Å². The van der Waals surface area contributed by atoms with Crippen LogP contribution in [0.4, 0.5) is 0 Å². The van der Waals surface area contributed by atoms with E-state index in [4.69, 9.17) is 16.6 Å². The zero-order valence-electron chi connectivity index (χ0n) is 12.4. The van der Waals surface area contributed by atoms with Crippen molar-refractivity contribution in [1.82, 2.24) is 19.3 Å². The maximum Gasteiger partial charge on any atom is 0.158 e. The van der Waals surface area contributed by atoms with Gasteiger partial charge in [0.15, 0.2) is 5.65 Å². The van der Waals surface area contributed by atoms with Crippen LogP contribution in [0.3, 0.4) is 0 Å². The summed E-state index contributed by atoms with van der Waals surface area (Å²) in [6.45, 7) is 2.02. The molecule has 1 saturated carbocycles. The number of aryl methyl sites for hydroxylation is 2. The Balaban J connectivity index is 2.07. The van der Waals surface area contributed by atoms with E-state index >= 15 is 0 Å². The van der Waals surface area contributed by atoms with Crippen LogP contribution in [0.15, 0.2) is 0 Å². The van der Waals surface area contributed by atoms with E-state index in [-0.39, 0.29) is 0 Å². The lowest BCUT2D eigenvalue weighted by Gasteiger charge is -2.23. The highest BCUT2D eigenvalue weighted by atomic mass is 35.5. The van der Waals surface area contributed by atoms with Crippen LogP contribution in [0.2, 0.25) is 0 Å². The lowest BCUT2D eigenvalue weighted by Crippen LogP contribution is -2.15. The molecule has 1 aliphatic carbocycles. The van der Waals surface area contributed by atoms with Crippen molar-refractivity contribution >= 4 is 22.8 Å². The van der Waals surface area contributed by atoms with E-state index in [1.807, 2.05) is 18.7 Å². The Morgan fingerprint density at radius 1 is 1.15 bits per heavy atom. The molecule has 0 N–H and O–H groups in total. The van der Waals surface area contributed by atoms with Crippen molar-refractivity contribution < 1.29 is 0 Å². The van der Waals surface area contributed by atoms with Gasteiger partial charge < -0.3 is 4.57 Å². The predicted molar refractivity (Wildman–Crippen MR) is 82.1 cm³/mol. The van der Waals surface area contributed by atoms with Crippen LogP contribution in [0.1, 0.15) is 62.5 Å². The summed E-state index contributed by atoms with van der Waals surface area (Å²) in [6, 6.07) is 0.531. The molecular formula is C15H23ClN4. The standard InChI is InChI=1S/C15H23ClN4/c1-11-14-15(19(2)18-11)20(13(10-16)17-14)12-8-6-4-3-5-7-9-12/h12H,3-10H2,1-2H3. The molecule has 0 amide bonds. The molecule has 1 aliphatic rings. The Morgan fingerprint density at radius 2 is 1.80 bits per heavy atom. The van der Waals surface area contributed by atoms with Crippen LogP contribution >= 0.6 is 11.6 Å². The molecule has 2 heterocycles. The van der Waals surface area contributed by atoms with Crippen molar-refractivity contribution in [2.45, 2.75) is 63.8 Å². The predicted octanol–water partition coefficient (Wildman–Crippen LogP) is 4.10. The summed E-state index contributed by atoms with van der Waals surface area (Å²) in [7, 11) is 2.01. The van der Waals surface area contributed by atoms with Crippen LogP contribution in [-0.2, 0) is 12.9 Å². The van der Waals surface area contributed by atoms with E-state index in [2.05, 4.69) is 9.67 Å².